The number of ether oxygens (including phenoxy) is 3. The van der Waals surface area contributed by atoms with Gasteiger partial charge in [-0.2, -0.15) is 5.26 Å². The second-order valence-electron chi connectivity index (χ2n) is 5.45. The minimum Gasteiger partial charge on any atom is -0.493 e. The summed E-state index contributed by atoms with van der Waals surface area (Å²) in [7, 11) is 1.37. The summed E-state index contributed by atoms with van der Waals surface area (Å²) < 4.78 is 15.2. The average molecular weight is 319 g/mol. The number of nitriles is 1. The normalized spacial score (nSPS) is 11.3. The lowest BCUT2D eigenvalue weighted by molar-refractivity contribution is -0.132. The first-order valence-electron chi connectivity index (χ1n) is 6.60. The fraction of sp³-hybridized carbons (Fsp3) is 0.312. The van der Waals surface area contributed by atoms with Crippen LogP contribution in [0.4, 0.5) is 4.79 Å². The van der Waals surface area contributed by atoms with Crippen LogP contribution >= 0.6 is 0 Å². The van der Waals surface area contributed by atoms with Crippen molar-refractivity contribution in [2.75, 3.05) is 7.11 Å². The summed E-state index contributed by atoms with van der Waals surface area (Å²) in [4.78, 5) is 22.5. The molecule has 0 bridgehead atoms. The van der Waals surface area contributed by atoms with Gasteiger partial charge in [-0.15, -0.1) is 0 Å². The zero-order chi connectivity index (χ0) is 17.6. The van der Waals surface area contributed by atoms with Crippen molar-refractivity contribution < 1.29 is 28.9 Å². The van der Waals surface area contributed by atoms with E-state index >= 15 is 0 Å². The Bertz CT molecular complexity index is 679. The summed E-state index contributed by atoms with van der Waals surface area (Å²) in [5, 5.41) is 17.6. The Hall–Kier alpha value is -3.01. The SMILES string of the molecule is COc1cc(/C=C(\C#N)C(=O)O)ccc1OC(=O)OC(C)(C)C. The van der Waals surface area contributed by atoms with Crippen molar-refractivity contribution in [1.82, 2.24) is 0 Å². The lowest BCUT2D eigenvalue weighted by atomic mass is 10.1. The molecule has 0 aromatic heterocycles. The molecule has 7 heteroatoms. The summed E-state index contributed by atoms with van der Waals surface area (Å²) in [6.45, 7) is 5.11. The van der Waals surface area contributed by atoms with E-state index in [2.05, 4.69) is 0 Å². The molecule has 1 aromatic carbocycles. The fourth-order valence-corrected chi connectivity index (χ4v) is 1.53. The molecule has 0 aliphatic carbocycles. The summed E-state index contributed by atoms with van der Waals surface area (Å²) >= 11 is 0. The Labute approximate surface area is 133 Å². The molecule has 23 heavy (non-hydrogen) atoms. The van der Waals surface area contributed by atoms with Gasteiger partial charge in [-0.3, -0.25) is 0 Å². The number of benzene rings is 1. The topological polar surface area (TPSA) is 106 Å². The first-order valence-corrected chi connectivity index (χ1v) is 6.60. The zero-order valence-electron chi connectivity index (χ0n) is 13.2. The van der Waals surface area contributed by atoms with Crippen molar-refractivity contribution in [3.05, 3.63) is 29.3 Å². The van der Waals surface area contributed by atoms with Crippen LogP contribution in [0.2, 0.25) is 0 Å². The first kappa shape index (κ1) is 18.0. The van der Waals surface area contributed by atoms with E-state index < -0.39 is 23.3 Å². The fourth-order valence-electron chi connectivity index (χ4n) is 1.53. The molecule has 0 saturated heterocycles. The van der Waals surface area contributed by atoms with Crippen LogP contribution in [0.3, 0.4) is 0 Å². The third-order valence-corrected chi connectivity index (χ3v) is 2.43. The molecule has 1 aromatic rings. The lowest BCUT2D eigenvalue weighted by Crippen LogP contribution is -2.26. The molecule has 1 N–H and O–H groups in total. The molecular weight excluding hydrogens is 302 g/mol. The highest BCUT2D eigenvalue weighted by atomic mass is 16.7. The van der Waals surface area contributed by atoms with Crippen LogP contribution in [0.25, 0.3) is 6.08 Å². The van der Waals surface area contributed by atoms with Crippen LogP contribution in [0.5, 0.6) is 11.5 Å². The molecule has 1 rings (SSSR count). The predicted molar refractivity (Wildman–Crippen MR) is 81.1 cm³/mol. The van der Waals surface area contributed by atoms with Gasteiger partial charge in [0.2, 0.25) is 0 Å². The third kappa shape index (κ3) is 5.71. The minimum absolute atomic E-state index is 0.118. The second kappa shape index (κ2) is 7.31. The maximum Gasteiger partial charge on any atom is 0.514 e. The van der Waals surface area contributed by atoms with Gasteiger partial charge in [-0.25, -0.2) is 9.59 Å². The van der Waals surface area contributed by atoms with E-state index in [-0.39, 0.29) is 11.5 Å². The molecule has 0 radical (unpaired) electrons. The molecule has 0 amide bonds. The molecule has 0 atom stereocenters. The number of carboxylic acids is 1. The van der Waals surface area contributed by atoms with Crippen LogP contribution in [-0.2, 0) is 9.53 Å². The van der Waals surface area contributed by atoms with Crippen LogP contribution < -0.4 is 9.47 Å². The van der Waals surface area contributed by atoms with Gasteiger partial charge in [0.1, 0.15) is 17.2 Å². The predicted octanol–water partition coefficient (Wildman–Crippen LogP) is 3.00. The molecule has 0 heterocycles. The molecule has 0 saturated carbocycles. The number of rotatable bonds is 4. The number of hydrogen-bond acceptors (Lipinski definition) is 6. The van der Waals surface area contributed by atoms with Crippen molar-refractivity contribution in [2.24, 2.45) is 0 Å². The van der Waals surface area contributed by atoms with Crippen molar-refractivity contribution in [1.29, 1.82) is 5.26 Å². The van der Waals surface area contributed by atoms with Gasteiger partial charge in [-0.05, 0) is 44.5 Å². The molecule has 0 spiro atoms. The number of hydrogen-bond donors (Lipinski definition) is 1. The van der Waals surface area contributed by atoms with E-state index in [9.17, 15) is 9.59 Å². The molecule has 122 valence electrons. The number of carboxylic acid groups (broad SMARTS) is 1. The van der Waals surface area contributed by atoms with Crippen molar-refractivity contribution >= 4 is 18.2 Å². The van der Waals surface area contributed by atoms with Gasteiger partial charge >= 0.3 is 12.1 Å². The number of carbonyl (C=O) groups excluding carboxylic acids is 1. The molecule has 0 unspecified atom stereocenters. The monoisotopic (exact) mass is 319 g/mol. The average Bonchev–Trinajstić information content (AvgIpc) is 2.43. The molecule has 0 aliphatic rings. The number of methoxy groups -OCH3 is 1. The van der Waals surface area contributed by atoms with E-state index in [1.54, 1.807) is 26.8 Å². The van der Waals surface area contributed by atoms with Crippen molar-refractivity contribution in [3.63, 3.8) is 0 Å². The van der Waals surface area contributed by atoms with Crippen LogP contribution in [0.1, 0.15) is 26.3 Å². The quantitative estimate of drug-likeness (QED) is 0.393. The van der Waals surface area contributed by atoms with E-state index in [1.165, 1.54) is 31.4 Å². The van der Waals surface area contributed by atoms with E-state index in [4.69, 9.17) is 24.6 Å². The van der Waals surface area contributed by atoms with Crippen molar-refractivity contribution in [2.45, 2.75) is 26.4 Å². The van der Waals surface area contributed by atoms with Gasteiger partial charge in [-0.1, -0.05) is 6.07 Å². The largest absolute Gasteiger partial charge is 0.514 e. The van der Waals surface area contributed by atoms with Gasteiger partial charge < -0.3 is 19.3 Å². The van der Waals surface area contributed by atoms with Crippen LogP contribution in [-0.4, -0.2) is 29.9 Å². The van der Waals surface area contributed by atoms with Gasteiger partial charge in [0.05, 0.1) is 7.11 Å². The standard InChI is InChI=1S/C16H17NO6/c1-16(2,3)23-15(20)22-12-6-5-10(8-13(12)21-4)7-11(9-17)14(18)19/h5-8H,1-4H3,(H,18,19)/b11-7+. The summed E-state index contributed by atoms with van der Waals surface area (Å²) in [5.74, 6) is -1.01. The highest BCUT2D eigenvalue weighted by Crippen LogP contribution is 2.29. The Morgan fingerprint density at radius 3 is 2.39 bits per heavy atom. The Morgan fingerprint density at radius 1 is 1.26 bits per heavy atom. The van der Waals surface area contributed by atoms with Gasteiger partial charge in [0, 0.05) is 0 Å². The molecule has 7 nitrogen and oxygen atoms in total. The van der Waals surface area contributed by atoms with Gasteiger partial charge in [0.25, 0.3) is 0 Å². The Kier molecular flexibility index (Phi) is 5.74. The Morgan fingerprint density at radius 2 is 1.91 bits per heavy atom. The second-order valence-corrected chi connectivity index (χ2v) is 5.45. The Balaban J connectivity index is 3.04. The van der Waals surface area contributed by atoms with E-state index in [0.717, 1.165) is 0 Å². The molecular formula is C16H17NO6. The molecule has 0 aliphatic heterocycles. The van der Waals surface area contributed by atoms with E-state index in [1.807, 2.05) is 0 Å². The third-order valence-electron chi connectivity index (χ3n) is 2.43. The highest BCUT2D eigenvalue weighted by Gasteiger charge is 2.19. The first-order chi connectivity index (χ1) is 10.7. The lowest BCUT2D eigenvalue weighted by Gasteiger charge is -2.19. The maximum atomic E-state index is 11.7. The summed E-state index contributed by atoms with van der Waals surface area (Å²) in [6.07, 6.45) is 0.296. The number of aliphatic carboxylic acids is 1. The van der Waals surface area contributed by atoms with E-state index in [0.29, 0.717) is 5.56 Å². The maximum absolute atomic E-state index is 11.7. The highest BCUT2D eigenvalue weighted by molar-refractivity contribution is 5.96. The summed E-state index contributed by atoms with van der Waals surface area (Å²) in [5.41, 5.74) is -0.707. The zero-order valence-corrected chi connectivity index (χ0v) is 13.2. The van der Waals surface area contributed by atoms with Crippen LogP contribution in [0.15, 0.2) is 23.8 Å². The smallest absolute Gasteiger partial charge is 0.493 e. The minimum atomic E-state index is -1.33. The van der Waals surface area contributed by atoms with Crippen LogP contribution in [0, 0.1) is 11.3 Å². The number of carbonyl (C=O) groups is 2. The number of nitrogens with zero attached hydrogens (tertiary/aromatic N) is 1. The van der Waals surface area contributed by atoms with Gasteiger partial charge in [0.15, 0.2) is 11.5 Å². The summed E-state index contributed by atoms with van der Waals surface area (Å²) in [6, 6.07) is 5.93. The molecule has 0 fully saturated rings. The van der Waals surface area contributed by atoms with Crippen molar-refractivity contribution in [3.8, 4) is 17.6 Å².